The van der Waals surface area contributed by atoms with Crippen LogP contribution in [0.3, 0.4) is 0 Å². The van der Waals surface area contributed by atoms with Gasteiger partial charge in [-0.25, -0.2) is 0 Å². The van der Waals surface area contributed by atoms with Gasteiger partial charge in [-0.2, -0.15) is 0 Å². The molecule has 14 heavy (non-hydrogen) atoms. The van der Waals surface area contributed by atoms with E-state index in [-0.39, 0.29) is 17.6 Å². The summed E-state index contributed by atoms with van der Waals surface area (Å²) in [6.07, 6.45) is 1.73. The van der Waals surface area contributed by atoms with Crippen molar-refractivity contribution in [3.05, 3.63) is 11.1 Å². The van der Waals surface area contributed by atoms with Gasteiger partial charge in [0, 0.05) is 5.41 Å². The number of nitrogens with zero attached hydrogens (tertiary/aromatic N) is 2. The first-order valence-corrected chi connectivity index (χ1v) is 5.07. The van der Waals surface area contributed by atoms with Crippen LogP contribution in [0.25, 0.3) is 0 Å². The van der Waals surface area contributed by atoms with E-state index in [1.54, 1.807) is 0 Å². The molecule has 0 N–H and O–H groups in total. The number of Topliss-reactive ketones (excluding diaryl/α,β-unsaturated/α-hetero) is 1. The van der Waals surface area contributed by atoms with E-state index < -0.39 is 0 Å². The maximum atomic E-state index is 11.4. The van der Waals surface area contributed by atoms with Gasteiger partial charge in [0.1, 0.15) is 4.88 Å². The van der Waals surface area contributed by atoms with Crippen LogP contribution in [0.2, 0.25) is 0 Å². The Kier molecular flexibility index (Phi) is 3.37. The predicted molar refractivity (Wildman–Crippen MR) is 56.1 cm³/mol. The molecule has 1 aromatic rings. The van der Waals surface area contributed by atoms with Gasteiger partial charge in [0.25, 0.3) is 0 Å². The third-order valence-electron chi connectivity index (χ3n) is 1.35. The number of carbonyl (C=O) groups excluding carboxylic acids is 1. The molecule has 1 rings (SSSR count). The Bertz CT molecular complexity index is 365. The lowest BCUT2D eigenvalue weighted by atomic mass is 9.98. The van der Waals surface area contributed by atoms with Crippen molar-refractivity contribution < 1.29 is 4.79 Å². The van der Waals surface area contributed by atoms with Crippen molar-refractivity contribution in [3.63, 3.8) is 0 Å². The molecule has 0 radical (unpaired) electrons. The maximum Gasteiger partial charge on any atom is 0.187 e. The summed E-state index contributed by atoms with van der Waals surface area (Å²) in [6, 6.07) is 0. The lowest BCUT2D eigenvalue weighted by Crippen LogP contribution is -2.00. The van der Waals surface area contributed by atoms with E-state index in [1.807, 2.05) is 20.8 Å². The molecule has 0 unspecified atom stereocenters. The summed E-state index contributed by atoms with van der Waals surface area (Å²) in [4.78, 5) is 12.0. The fraction of sp³-hybridized carbons (Fsp3) is 0.500. The average Bonchev–Trinajstić information content (AvgIpc) is 2.53. The van der Waals surface area contributed by atoms with E-state index in [2.05, 4.69) is 21.4 Å². The Morgan fingerprint density at radius 3 is 2.79 bits per heavy atom. The zero-order valence-electron chi connectivity index (χ0n) is 8.50. The van der Waals surface area contributed by atoms with Crippen molar-refractivity contribution in [1.82, 2.24) is 9.59 Å². The maximum absolute atomic E-state index is 11.4. The van der Waals surface area contributed by atoms with Crippen molar-refractivity contribution in [2.75, 3.05) is 0 Å². The molecule has 0 saturated heterocycles. The monoisotopic (exact) mass is 208 g/mol. The molecule has 0 fully saturated rings. The third kappa shape index (κ3) is 3.67. The number of hydrogen-bond acceptors (Lipinski definition) is 4. The van der Waals surface area contributed by atoms with Crippen LogP contribution in [0.4, 0.5) is 0 Å². The fourth-order valence-electron chi connectivity index (χ4n) is 0.767. The highest BCUT2D eigenvalue weighted by molar-refractivity contribution is 7.07. The minimum absolute atomic E-state index is 0.00301. The van der Waals surface area contributed by atoms with Crippen molar-refractivity contribution in [1.29, 1.82) is 0 Å². The molecule has 0 atom stereocenters. The smallest absolute Gasteiger partial charge is 0.187 e. The highest BCUT2D eigenvalue weighted by Crippen LogP contribution is 2.10. The lowest BCUT2D eigenvalue weighted by molar-refractivity contribution is 0.100. The van der Waals surface area contributed by atoms with Gasteiger partial charge in [-0.3, -0.25) is 4.79 Å². The third-order valence-corrected chi connectivity index (χ3v) is 2.05. The predicted octanol–water partition coefficient (Wildman–Crippen LogP) is 2.16. The van der Waals surface area contributed by atoms with Crippen molar-refractivity contribution >= 4 is 17.3 Å². The normalized spacial score (nSPS) is 10.5. The van der Waals surface area contributed by atoms with Crippen molar-refractivity contribution in [2.45, 2.75) is 27.2 Å². The molecule has 3 nitrogen and oxygen atoms in total. The number of ketones is 1. The van der Waals surface area contributed by atoms with Gasteiger partial charge < -0.3 is 0 Å². The minimum Gasteiger partial charge on any atom is -0.292 e. The molecule has 0 aliphatic rings. The summed E-state index contributed by atoms with van der Waals surface area (Å²) < 4.78 is 3.62. The minimum atomic E-state index is -0.0494. The number of rotatable bonds is 2. The van der Waals surface area contributed by atoms with Gasteiger partial charge in [-0.05, 0) is 32.3 Å². The Labute approximate surface area is 87.7 Å². The van der Waals surface area contributed by atoms with Crippen molar-refractivity contribution in [3.8, 4) is 11.8 Å². The summed E-state index contributed by atoms with van der Waals surface area (Å²) >= 11 is 1.11. The van der Waals surface area contributed by atoms with Crippen LogP contribution in [0.15, 0.2) is 6.20 Å². The molecule has 1 heterocycles. The standard InChI is InChI=1S/C10H12N2OS/c1-10(2,3)6-4-5-8(13)9-7-11-12-14-9/h7H,5H2,1-3H3. The van der Waals surface area contributed by atoms with Crippen LogP contribution in [0, 0.1) is 17.3 Å². The van der Waals surface area contributed by atoms with Crippen LogP contribution < -0.4 is 0 Å². The number of carbonyl (C=O) groups is 1. The van der Waals surface area contributed by atoms with E-state index in [0.29, 0.717) is 4.88 Å². The highest BCUT2D eigenvalue weighted by atomic mass is 32.1. The summed E-state index contributed by atoms with van der Waals surface area (Å²) in [5.74, 6) is 5.87. The molecular formula is C10H12N2OS. The van der Waals surface area contributed by atoms with Gasteiger partial charge in [0.05, 0.1) is 12.6 Å². The van der Waals surface area contributed by atoms with Gasteiger partial charge in [0.2, 0.25) is 0 Å². The zero-order chi connectivity index (χ0) is 10.6. The molecule has 0 aromatic carbocycles. The Balaban J connectivity index is 2.54. The van der Waals surface area contributed by atoms with Crippen LogP contribution in [-0.4, -0.2) is 15.4 Å². The topological polar surface area (TPSA) is 42.9 Å². The van der Waals surface area contributed by atoms with E-state index in [4.69, 9.17) is 0 Å². The SMILES string of the molecule is CC(C)(C)C#CCC(=O)c1cnns1. The number of aromatic nitrogens is 2. The second-order valence-electron chi connectivity index (χ2n) is 3.93. The molecule has 0 amide bonds. The fourth-order valence-corrected chi connectivity index (χ4v) is 1.22. The molecule has 0 spiro atoms. The van der Waals surface area contributed by atoms with Gasteiger partial charge in [-0.1, -0.05) is 16.3 Å². The first-order chi connectivity index (χ1) is 6.49. The van der Waals surface area contributed by atoms with Crippen LogP contribution in [0.5, 0.6) is 0 Å². The second-order valence-corrected chi connectivity index (χ2v) is 4.72. The van der Waals surface area contributed by atoms with Gasteiger partial charge in [-0.15, -0.1) is 5.10 Å². The summed E-state index contributed by atoms with van der Waals surface area (Å²) in [6.45, 7) is 6.04. The van der Waals surface area contributed by atoms with Crippen LogP contribution in [0.1, 0.15) is 36.9 Å². The van der Waals surface area contributed by atoms with Crippen LogP contribution in [-0.2, 0) is 0 Å². The van der Waals surface area contributed by atoms with Crippen LogP contribution >= 0.6 is 11.5 Å². The Morgan fingerprint density at radius 1 is 1.57 bits per heavy atom. The molecule has 74 valence electrons. The molecule has 1 aromatic heterocycles. The van der Waals surface area contributed by atoms with E-state index in [9.17, 15) is 4.79 Å². The Morgan fingerprint density at radius 2 is 2.29 bits per heavy atom. The first-order valence-electron chi connectivity index (χ1n) is 4.29. The lowest BCUT2D eigenvalue weighted by Gasteiger charge is -2.06. The zero-order valence-corrected chi connectivity index (χ0v) is 9.31. The summed E-state index contributed by atoms with van der Waals surface area (Å²) in [5.41, 5.74) is -0.0494. The average molecular weight is 208 g/mol. The van der Waals surface area contributed by atoms with Crippen molar-refractivity contribution in [2.24, 2.45) is 5.41 Å². The second kappa shape index (κ2) is 4.34. The molecule has 0 saturated carbocycles. The van der Waals surface area contributed by atoms with E-state index in [0.717, 1.165) is 11.5 Å². The first kappa shape index (κ1) is 10.9. The summed E-state index contributed by atoms with van der Waals surface area (Å²) in [5, 5.41) is 3.60. The van der Waals surface area contributed by atoms with Gasteiger partial charge >= 0.3 is 0 Å². The molecule has 0 aliphatic heterocycles. The molecule has 4 heteroatoms. The number of hydrogen-bond donors (Lipinski definition) is 0. The largest absolute Gasteiger partial charge is 0.292 e. The van der Waals surface area contributed by atoms with Gasteiger partial charge in [0.15, 0.2) is 5.78 Å². The molecular weight excluding hydrogens is 196 g/mol. The quantitative estimate of drug-likeness (QED) is 0.552. The molecule has 0 aliphatic carbocycles. The summed E-state index contributed by atoms with van der Waals surface area (Å²) in [7, 11) is 0. The highest BCUT2D eigenvalue weighted by Gasteiger charge is 2.07. The van der Waals surface area contributed by atoms with E-state index >= 15 is 0 Å². The molecule has 0 bridgehead atoms. The Hall–Kier alpha value is -1.21. The van der Waals surface area contributed by atoms with E-state index in [1.165, 1.54) is 6.20 Å².